The Labute approximate surface area is 116 Å². The van der Waals surface area contributed by atoms with Crippen molar-refractivity contribution in [1.82, 2.24) is 25.1 Å². The molecular formula is C13H16N6O. The monoisotopic (exact) mass is 272 g/mol. The number of urea groups is 1. The molecule has 3 rings (SSSR count). The van der Waals surface area contributed by atoms with Gasteiger partial charge in [-0.2, -0.15) is 5.10 Å². The van der Waals surface area contributed by atoms with Gasteiger partial charge in [0.05, 0.1) is 24.5 Å². The lowest BCUT2D eigenvalue weighted by Gasteiger charge is -2.23. The van der Waals surface area contributed by atoms with E-state index in [2.05, 4.69) is 25.7 Å². The number of nitrogens with zero attached hydrogens (tertiary/aromatic N) is 4. The van der Waals surface area contributed by atoms with Crippen LogP contribution in [0.2, 0.25) is 0 Å². The van der Waals surface area contributed by atoms with Gasteiger partial charge in [-0.05, 0) is 25.5 Å². The maximum absolute atomic E-state index is 11.9. The number of amides is 2. The summed E-state index contributed by atoms with van der Waals surface area (Å²) in [6.45, 7) is 2.57. The molecular weight excluding hydrogens is 256 g/mol. The van der Waals surface area contributed by atoms with Crippen LogP contribution in [0.25, 0.3) is 0 Å². The first-order chi connectivity index (χ1) is 9.70. The summed E-state index contributed by atoms with van der Waals surface area (Å²) in [5, 5.41) is 9.85. The molecule has 0 saturated carbocycles. The lowest BCUT2D eigenvalue weighted by atomic mass is 10.1. The van der Waals surface area contributed by atoms with E-state index in [-0.39, 0.29) is 12.1 Å². The normalized spacial score (nSPS) is 17.4. The molecule has 2 N–H and O–H groups in total. The van der Waals surface area contributed by atoms with Gasteiger partial charge in [0.1, 0.15) is 12.2 Å². The Morgan fingerprint density at radius 1 is 1.40 bits per heavy atom. The number of carbonyl (C=O) groups excluding carboxylic acids is 1. The number of aryl methyl sites for hydroxylation is 2. The Morgan fingerprint density at radius 3 is 3.10 bits per heavy atom. The van der Waals surface area contributed by atoms with Crippen LogP contribution in [0.3, 0.4) is 0 Å². The lowest BCUT2D eigenvalue weighted by molar-refractivity contribution is 0.243. The molecule has 3 heterocycles. The molecule has 7 heteroatoms. The zero-order chi connectivity index (χ0) is 13.9. The van der Waals surface area contributed by atoms with Crippen LogP contribution in [0.4, 0.5) is 10.5 Å². The van der Waals surface area contributed by atoms with Gasteiger partial charge >= 0.3 is 6.03 Å². The molecule has 1 aliphatic heterocycles. The van der Waals surface area contributed by atoms with Crippen molar-refractivity contribution in [2.24, 2.45) is 0 Å². The highest BCUT2D eigenvalue weighted by Gasteiger charge is 2.21. The van der Waals surface area contributed by atoms with Gasteiger partial charge in [0.25, 0.3) is 0 Å². The summed E-state index contributed by atoms with van der Waals surface area (Å²) < 4.78 is 1.84. The Kier molecular flexibility index (Phi) is 3.32. The summed E-state index contributed by atoms with van der Waals surface area (Å²) in [5.41, 5.74) is 1.60. The molecule has 2 aromatic heterocycles. The molecule has 2 aromatic rings. The van der Waals surface area contributed by atoms with E-state index in [9.17, 15) is 4.79 Å². The van der Waals surface area contributed by atoms with Gasteiger partial charge in [0.2, 0.25) is 0 Å². The smallest absolute Gasteiger partial charge is 0.319 e. The summed E-state index contributed by atoms with van der Waals surface area (Å²) in [6, 6.07) is 3.54. The summed E-state index contributed by atoms with van der Waals surface area (Å²) in [5.74, 6) is 0.978. The minimum absolute atomic E-state index is 0.0719. The topological polar surface area (TPSA) is 84.7 Å². The standard InChI is InChI=1S/C13H16N6O/c1-9-2-3-10(6-14-9)17-13(20)18-11-4-5-12-15-8-16-19(12)7-11/h2-3,6,8,11H,4-5,7H2,1H3,(H2,17,18,20)/t11-/m0/s1. The second-order valence-electron chi connectivity index (χ2n) is 4.88. The van der Waals surface area contributed by atoms with Crippen LogP contribution in [0, 0.1) is 6.92 Å². The van der Waals surface area contributed by atoms with E-state index in [0.717, 1.165) is 24.4 Å². The molecule has 104 valence electrons. The van der Waals surface area contributed by atoms with Gasteiger partial charge in [-0.25, -0.2) is 14.5 Å². The van der Waals surface area contributed by atoms with Gasteiger partial charge in [-0.3, -0.25) is 4.98 Å². The van der Waals surface area contributed by atoms with Crippen molar-refractivity contribution >= 4 is 11.7 Å². The molecule has 0 fully saturated rings. The lowest BCUT2D eigenvalue weighted by Crippen LogP contribution is -2.43. The molecule has 0 spiro atoms. The van der Waals surface area contributed by atoms with E-state index in [4.69, 9.17) is 0 Å². The third-order valence-corrected chi connectivity index (χ3v) is 3.31. The van der Waals surface area contributed by atoms with Gasteiger partial charge < -0.3 is 10.6 Å². The van der Waals surface area contributed by atoms with Crippen LogP contribution in [-0.4, -0.2) is 31.8 Å². The predicted octanol–water partition coefficient (Wildman–Crippen LogP) is 1.12. The summed E-state index contributed by atoms with van der Waals surface area (Å²) >= 11 is 0. The zero-order valence-corrected chi connectivity index (χ0v) is 11.2. The van der Waals surface area contributed by atoms with Crippen LogP contribution in [-0.2, 0) is 13.0 Å². The predicted molar refractivity (Wildman–Crippen MR) is 73.3 cm³/mol. The highest BCUT2D eigenvalue weighted by molar-refractivity contribution is 5.89. The zero-order valence-electron chi connectivity index (χ0n) is 11.2. The van der Waals surface area contributed by atoms with Crippen molar-refractivity contribution in [3.8, 4) is 0 Å². The van der Waals surface area contributed by atoms with Crippen molar-refractivity contribution in [2.75, 3.05) is 5.32 Å². The molecule has 0 saturated heterocycles. The third kappa shape index (κ3) is 2.76. The number of fused-ring (bicyclic) bond motifs is 1. The second-order valence-corrected chi connectivity index (χ2v) is 4.88. The number of anilines is 1. The van der Waals surface area contributed by atoms with Crippen molar-refractivity contribution in [1.29, 1.82) is 0 Å². The third-order valence-electron chi connectivity index (χ3n) is 3.31. The maximum Gasteiger partial charge on any atom is 0.319 e. The first kappa shape index (κ1) is 12.6. The van der Waals surface area contributed by atoms with Crippen LogP contribution in [0.5, 0.6) is 0 Å². The average molecular weight is 272 g/mol. The van der Waals surface area contributed by atoms with Crippen molar-refractivity contribution in [3.05, 3.63) is 36.2 Å². The van der Waals surface area contributed by atoms with E-state index in [1.807, 2.05) is 23.7 Å². The first-order valence-corrected chi connectivity index (χ1v) is 6.57. The molecule has 1 aliphatic rings. The molecule has 0 aromatic carbocycles. The number of rotatable bonds is 2. The van der Waals surface area contributed by atoms with Crippen molar-refractivity contribution in [3.63, 3.8) is 0 Å². The Morgan fingerprint density at radius 2 is 2.30 bits per heavy atom. The number of carbonyl (C=O) groups is 1. The van der Waals surface area contributed by atoms with Crippen LogP contribution in [0.1, 0.15) is 17.9 Å². The fourth-order valence-corrected chi connectivity index (χ4v) is 2.25. The van der Waals surface area contributed by atoms with E-state index in [1.165, 1.54) is 0 Å². The quantitative estimate of drug-likeness (QED) is 0.858. The molecule has 20 heavy (non-hydrogen) atoms. The minimum Gasteiger partial charge on any atom is -0.333 e. The largest absolute Gasteiger partial charge is 0.333 e. The second kappa shape index (κ2) is 5.28. The number of hydrogen-bond donors (Lipinski definition) is 2. The van der Waals surface area contributed by atoms with E-state index >= 15 is 0 Å². The average Bonchev–Trinajstić information content (AvgIpc) is 2.89. The summed E-state index contributed by atoms with van der Waals surface area (Å²) in [7, 11) is 0. The molecule has 0 bridgehead atoms. The Bertz CT molecular complexity index is 606. The molecule has 1 atom stereocenters. The maximum atomic E-state index is 11.9. The number of aromatic nitrogens is 4. The fraction of sp³-hybridized carbons (Fsp3) is 0.385. The number of nitrogens with one attached hydrogen (secondary N) is 2. The van der Waals surface area contributed by atoms with Crippen LogP contribution in [0.15, 0.2) is 24.7 Å². The van der Waals surface area contributed by atoms with Gasteiger partial charge in [-0.15, -0.1) is 0 Å². The van der Waals surface area contributed by atoms with Crippen LogP contribution >= 0.6 is 0 Å². The molecule has 2 amide bonds. The van der Waals surface area contributed by atoms with Gasteiger partial charge in [-0.1, -0.05) is 0 Å². The van der Waals surface area contributed by atoms with E-state index in [1.54, 1.807) is 12.5 Å². The molecule has 0 radical (unpaired) electrons. The molecule has 7 nitrogen and oxygen atoms in total. The number of pyridine rings is 1. The highest BCUT2D eigenvalue weighted by atomic mass is 16.2. The van der Waals surface area contributed by atoms with E-state index in [0.29, 0.717) is 12.2 Å². The van der Waals surface area contributed by atoms with Crippen LogP contribution < -0.4 is 10.6 Å². The van der Waals surface area contributed by atoms with Crippen molar-refractivity contribution in [2.45, 2.75) is 32.4 Å². The van der Waals surface area contributed by atoms with Gasteiger partial charge in [0, 0.05) is 12.1 Å². The highest BCUT2D eigenvalue weighted by Crippen LogP contribution is 2.12. The van der Waals surface area contributed by atoms with Crippen molar-refractivity contribution < 1.29 is 4.79 Å². The molecule has 0 aliphatic carbocycles. The summed E-state index contributed by atoms with van der Waals surface area (Å²) in [4.78, 5) is 20.2. The fourth-order valence-electron chi connectivity index (χ4n) is 2.25. The van der Waals surface area contributed by atoms with E-state index < -0.39 is 0 Å². The molecule has 0 unspecified atom stereocenters. The van der Waals surface area contributed by atoms with Gasteiger partial charge in [0.15, 0.2) is 0 Å². The summed E-state index contributed by atoms with van der Waals surface area (Å²) in [6.07, 6.45) is 4.90. The Hall–Kier alpha value is -2.44. The Balaban J connectivity index is 1.56. The minimum atomic E-state index is -0.218. The first-order valence-electron chi connectivity index (χ1n) is 6.57. The SMILES string of the molecule is Cc1ccc(NC(=O)N[C@H]2CCc3ncnn3C2)cn1. The number of hydrogen-bond acceptors (Lipinski definition) is 4.